The number of hydrogen-bond donors (Lipinski definition) is 0. The van der Waals surface area contributed by atoms with Gasteiger partial charge in [-0.15, -0.1) is 35.7 Å². The molecule has 7 aromatic rings. The molecule has 0 unspecified atom stereocenters. The topological polar surface area (TPSA) is 44.9 Å². The van der Waals surface area contributed by atoms with Gasteiger partial charge in [-0.3, -0.25) is 4.68 Å². The van der Waals surface area contributed by atoms with Crippen LogP contribution in [-0.4, -0.2) is 19.3 Å². The summed E-state index contributed by atoms with van der Waals surface area (Å²) in [5.74, 6) is 2.11. The van der Waals surface area contributed by atoms with Crippen molar-refractivity contribution in [2.24, 2.45) is 0 Å². The zero-order valence-corrected chi connectivity index (χ0v) is 36.6. The number of ether oxygens (including phenoxy) is 1. The molecule has 0 amide bonds. The van der Waals surface area contributed by atoms with E-state index >= 15 is 0 Å². The summed E-state index contributed by atoms with van der Waals surface area (Å²) in [6.07, 6.45) is 5.31. The maximum Gasteiger partial charge on any atom is 2.00 e. The second kappa shape index (κ2) is 15.2. The molecule has 4 aromatic carbocycles. The Balaban J connectivity index is 0.00000514. The van der Waals surface area contributed by atoms with Gasteiger partial charge in [0.1, 0.15) is 5.82 Å². The molecule has 3 aromatic heterocycles. The molecular formula is C49H54N4OPt. The fraction of sp³-hybridized carbons (Fsp3) is 0.347. The van der Waals surface area contributed by atoms with Crippen LogP contribution in [0.25, 0.3) is 44.4 Å². The molecule has 0 spiro atoms. The molecule has 0 saturated carbocycles. The van der Waals surface area contributed by atoms with Crippen LogP contribution < -0.4 is 4.74 Å². The molecule has 0 aliphatic heterocycles. The van der Waals surface area contributed by atoms with Crippen LogP contribution in [0.2, 0.25) is 0 Å². The van der Waals surface area contributed by atoms with Gasteiger partial charge in [-0.2, -0.15) is 16.7 Å². The van der Waals surface area contributed by atoms with E-state index in [1.165, 1.54) is 40.5 Å². The van der Waals surface area contributed by atoms with E-state index in [4.69, 9.17) is 14.8 Å². The average Bonchev–Trinajstić information content (AvgIpc) is 3.68. The van der Waals surface area contributed by atoms with Crippen LogP contribution in [0.1, 0.15) is 110 Å². The molecule has 0 saturated heterocycles. The smallest absolute Gasteiger partial charge is 0.509 e. The van der Waals surface area contributed by atoms with Crippen LogP contribution in [0.5, 0.6) is 11.5 Å². The largest absolute Gasteiger partial charge is 2.00 e. The van der Waals surface area contributed by atoms with E-state index < -0.39 is 0 Å². The van der Waals surface area contributed by atoms with Crippen molar-refractivity contribution in [3.63, 3.8) is 0 Å². The Morgan fingerprint density at radius 2 is 1.47 bits per heavy atom. The van der Waals surface area contributed by atoms with Gasteiger partial charge in [0.15, 0.2) is 0 Å². The Bertz CT molecular complexity index is 2470. The molecule has 7 rings (SSSR count). The summed E-state index contributed by atoms with van der Waals surface area (Å²) < 4.78 is 11.0. The van der Waals surface area contributed by atoms with E-state index in [-0.39, 0.29) is 37.3 Å². The van der Waals surface area contributed by atoms with E-state index in [9.17, 15) is 0 Å². The van der Waals surface area contributed by atoms with Gasteiger partial charge in [-0.25, -0.2) is 4.98 Å². The number of pyridine rings is 1. The Kier molecular flexibility index (Phi) is 11.1. The minimum atomic E-state index is -0.207. The zero-order chi connectivity index (χ0) is 38.6. The summed E-state index contributed by atoms with van der Waals surface area (Å²) in [5.41, 5.74) is 10.7. The van der Waals surface area contributed by atoms with Crippen LogP contribution >= 0.6 is 0 Å². The molecule has 0 aliphatic carbocycles. The van der Waals surface area contributed by atoms with Crippen molar-refractivity contribution in [3.8, 4) is 34.1 Å². The van der Waals surface area contributed by atoms with Gasteiger partial charge in [0, 0.05) is 39.6 Å². The number of aryl methyl sites for hydroxylation is 2. The summed E-state index contributed by atoms with van der Waals surface area (Å²) in [5, 5.41) is 7.68. The quantitative estimate of drug-likeness (QED) is 0.143. The van der Waals surface area contributed by atoms with Crippen molar-refractivity contribution in [2.75, 3.05) is 0 Å². The van der Waals surface area contributed by atoms with Crippen LogP contribution in [0.3, 0.4) is 0 Å². The molecule has 0 aliphatic rings. The first-order chi connectivity index (χ1) is 25.5. The van der Waals surface area contributed by atoms with Crippen molar-refractivity contribution in [3.05, 3.63) is 131 Å². The first kappa shape index (κ1) is 40.2. The van der Waals surface area contributed by atoms with Crippen LogP contribution in [0.4, 0.5) is 0 Å². The predicted molar refractivity (Wildman–Crippen MR) is 225 cm³/mol. The molecule has 0 atom stereocenters. The Hall–Kier alpha value is -4.47. The number of nitrogens with zero attached hydrogens (tertiary/aromatic N) is 4. The maximum absolute atomic E-state index is 6.70. The van der Waals surface area contributed by atoms with Crippen LogP contribution in [-0.2, 0) is 43.7 Å². The standard InChI is InChI=1S/C49H54N4O.Pt/c1-12-13-17-33-20-23-41-40(28-33)39-22-21-37(31-42(39)52(41)43-29-35(24-25-50-43)47(3,4)5)54-38-27-32(2)26-36(30-38)53-46(49(9,10)11)44(34-18-15-14-16-19-34)45(51-53)48(6,7)8;/h14-16,18-29H,12-13,17H2,1-11H3;/q-2;+2. The third kappa shape index (κ3) is 8.10. The van der Waals surface area contributed by atoms with Gasteiger partial charge in [-0.05, 0) is 64.2 Å². The van der Waals surface area contributed by atoms with Gasteiger partial charge < -0.3 is 9.30 Å². The number of fused-ring (bicyclic) bond motifs is 3. The van der Waals surface area contributed by atoms with E-state index in [0.29, 0.717) is 11.5 Å². The van der Waals surface area contributed by atoms with Gasteiger partial charge in [-0.1, -0.05) is 131 Å². The predicted octanol–water partition coefficient (Wildman–Crippen LogP) is 13.0. The van der Waals surface area contributed by atoms with E-state index in [1.54, 1.807) is 0 Å². The third-order valence-corrected chi connectivity index (χ3v) is 10.2. The van der Waals surface area contributed by atoms with Gasteiger partial charge in [0.05, 0.1) is 11.4 Å². The first-order valence-electron chi connectivity index (χ1n) is 19.4. The monoisotopic (exact) mass is 909 g/mol. The minimum Gasteiger partial charge on any atom is -0.509 e. The SMILES string of the molecule is CCCCc1ccc2c(c1)c1ccc(Oc3[c-]c(-n4nc(C(C)(C)C)c(-c5ccccc5)c4C(C)(C)C)cc(C)c3)[c-]c1n2-c1cc(C(C)(C)C)ccn1.[Pt+2]. The van der Waals surface area contributed by atoms with Crippen molar-refractivity contribution in [1.29, 1.82) is 0 Å². The van der Waals surface area contributed by atoms with Crippen molar-refractivity contribution in [2.45, 2.75) is 112 Å². The minimum absolute atomic E-state index is 0. The Morgan fingerprint density at radius 1 is 0.727 bits per heavy atom. The molecule has 5 nitrogen and oxygen atoms in total. The molecular weight excluding hydrogens is 856 g/mol. The van der Waals surface area contributed by atoms with Crippen molar-refractivity contribution < 1.29 is 25.8 Å². The number of rotatable bonds is 8. The number of benzene rings is 4. The van der Waals surface area contributed by atoms with Gasteiger partial charge in [0.2, 0.25) is 0 Å². The van der Waals surface area contributed by atoms with E-state index in [2.05, 4.69) is 170 Å². The van der Waals surface area contributed by atoms with Crippen molar-refractivity contribution >= 4 is 21.8 Å². The second-order valence-electron chi connectivity index (χ2n) is 17.9. The van der Waals surface area contributed by atoms with Crippen LogP contribution in [0.15, 0.2) is 91.1 Å². The van der Waals surface area contributed by atoms with E-state index in [0.717, 1.165) is 51.3 Å². The second-order valence-corrected chi connectivity index (χ2v) is 17.9. The summed E-state index contributed by atoms with van der Waals surface area (Å²) in [6.45, 7) is 24.5. The molecule has 286 valence electrons. The molecule has 55 heavy (non-hydrogen) atoms. The van der Waals surface area contributed by atoms with Crippen molar-refractivity contribution in [1.82, 2.24) is 19.3 Å². The summed E-state index contributed by atoms with van der Waals surface area (Å²) in [6, 6.07) is 37.5. The molecule has 0 fully saturated rings. The molecule has 0 bridgehead atoms. The average molecular weight is 910 g/mol. The normalized spacial score (nSPS) is 12.3. The summed E-state index contributed by atoms with van der Waals surface area (Å²) >= 11 is 0. The molecule has 6 heteroatoms. The van der Waals surface area contributed by atoms with Gasteiger partial charge >= 0.3 is 21.1 Å². The Labute approximate surface area is 342 Å². The Morgan fingerprint density at radius 3 is 2.15 bits per heavy atom. The fourth-order valence-corrected chi connectivity index (χ4v) is 7.45. The van der Waals surface area contributed by atoms with Gasteiger partial charge in [0.25, 0.3) is 0 Å². The summed E-state index contributed by atoms with van der Waals surface area (Å²) in [7, 11) is 0. The van der Waals surface area contributed by atoms with Crippen LogP contribution in [0, 0.1) is 19.1 Å². The van der Waals surface area contributed by atoms with E-state index in [1.807, 2.05) is 18.3 Å². The number of hydrogen-bond acceptors (Lipinski definition) is 3. The first-order valence-corrected chi connectivity index (χ1v) is 19.4. The molecule has 0 N–H and O–H groups in total. The fourth-order valence-electron chi connectivity index (χ4n) is 7.45. The summed E-state index contributed by atoms with van der Waals surface area (Å²) in [4.78, 5) is 4.90. The maximum atomic E-state index is 6.70. The molecule has 0 radical (unpaired) electrons. The number of aromatic nitrogens is 4. The third-order valence-electron chi connectivity index (χ3n) is 10.2. The molecule has 3 heterocycles. The number of unbranched alkanes of at least 4 members (excludes halogenated alkanes) is 1. The zero-order valence-electron chi connectivity index (χ0n) is 34.3.